The highest BCUT2D eigenvalue weighted by Gasteiger charge is 2.18. The Labute approximate surface area is 158 Å². The Morgan fingerprint density at radius 1 is 0.923 bits per heavy atom. The van der Waals surface area contributed by atoms with E-state index in [0.29, 0.717) is 33.7 Å². The molecule has 0 aliphatic rings. The van der Waals surface area contributed by atoms with Crippen molar-refractivity contribution in [1.29, 1.82) is 0 Å². The molecule has 0 amide bonds. The Hall–Kier alpha value is -2.45. The van der Waals surface area contributed by atoms with E-state index in [1.54, 1.807) is 23.6 Å². The van der Waals surface area contributed by atoms with Gasteiger partial charge in [-0.05, 0) is 23.6 Å². The van der Waals surface area contributed by atoms with E-state index >= 15 is 0 Å². The van der Waals surface area contributed by atoms with E-state index in [4.69, 9.17) is 4.74 Å². The molecule has 4 aromatic rings. The predicted molar refractivity (Wildman–Crippen MR) is 96.9 cm³/mol. The summed E-state index contributed by atoms with van der Waals surface area (Å²) in [7, 11) is 0. The zero-order chi connectivity index (χ0) is 18.3. The molecule has 0 saturated carbocycles. The molecule has 0 spiro atoms. The molecule has 0 unspecified atom stereocenters. The van der Waals surface area contributed by atoms with Crippen molar-refractivity contribution >= 4 is 37.5 Å². The number of ether oxygens (including phenoxy) is 1. The Kier molecular flexibility index (Phi) is 4.37. The van der Waals surface area contributed by atoms with Gasteiger partial charge in [-0.3, -0.25) is 0 Å². The maximum absolute atomic E-state index is 13.9. The van der Waals surface area contributed by atoms with Crippen LogP contribution in [0.2, 0.25) is 0 Å². The summed E-state index contributed by atoms with van der Waals surface area (Å²) in [6.07, 6.45) is 0. The summed E-state index contributed by atoms with van der Waals surface area (Å²) in [5.41, 5.74) is 1.30. The Morgan fingerprint density at radius 2 is 1.62 bits per heavy atom. The quantitative estimate of drug-likeness (QED) is 0.376. The average Bonchev–Trinajstić information content (AvgIpc) is 3.07. The van der Waals surface area contributed by atoms with Crippen LogP contribution < -0.4 is 4.74 Å². The number of halogens is 4. The van der Waals surface area contributed by atoms with Gasteiger partial charge in [-0.25, -0.2) is 18.2 Å². The third-order valence-electron chi connectivity index (χ3n) is 3.54. The van der Waals surface area contributed by atoms with Gasteiger partial charge in [0.2, 0.25) is 11.6 Å². The number of hydrogen-bond acceptors (Lipinski definition) is 4. The van der Waals surface area contributed by atoms with Crippen LogP contribution in [0.25, 0.3) is 21.6 Å². The average molecular weight is 437 g/mol. The summed E-state index contributed by atoms with van der Waals surface area (Å²) in [6.45, 7) is 0. The minimum absolute atomic E-state index is 0.00678. The summed E-state index contributed by atoms with van der Waals surface area (Å²) in [5, 5.41) is 1.77. The van der Waals surface area contributed by atoms with Crippen LogP contribution in [0.4, 0.5) is 13.2 Å². The van der Waals surface area contributed by atoms with Gasteiger partial charge < -0.3 is 4.74 Å². The molecule has 0 atom stereocenters. The molecule has 130 valence electrons. The molecule has 0 fully saturated rings. The second-order valence-electron chi connectivity index (χ2n) is 5.29. The third kappa shape index (κ3) is 3.17. The van der Waals surface area contributed by atoms with E-state index in [1.165, 1.54) is 11.3 Å². The van der Waals surface area contributed by atoms with E-state index < -0.39 is 23.2 Å². The Bertz CT molecular complexity index is 1090. The molecule has 0 bridgehead atoms. The van der Waals surface area contributed by atoms with Gasteiger partial charge in [0.25, 0.3) is 0 Å². The minimum Gasteiger partial charge on any atom is -0.431 e. The van der Waals surface area contributed by atoms with Crippen molar-refractivity contribution < 1.29 is 17.9 Å². The first-order valence-corrected chi connectivity index (χ1v) is 9.02. The summed E-state index contributed by atoms with van der Waals surface area (Å²) < 4.78 is 47.8. The van der Waals surface area contributed by atoms with Crippen molar-refractivity contribution in [3.05, 3.63) is 69.8 Å². The van der Waals surface area contributed by atoms with Crippen LogP contribution in [0.15, 0.2) is 52.3 Å². The fourth-order valence-electron chi connectivity index (χ4n) is 2.36. The summed E-state index contributed by atoms with van der Waals surface area (Å²) in [4.78, 5) is 8.76. The van der Waals surface area contributed by atoms with Crippen molar-refractivity contribution in [3.63, 3.8) is 0 Å². The monoisotopic (exact) mass is 436 g/mol. The van der Waals surface area contributed by atoms with E-state index in [9.17, 15) is 13.2 Å². The van der Waals surface area contributed by atoms with Crippen molar-refractivity contribution in [2.45, 2.75) is 0 Å². The topological polar surface area (TPSA) is 35.0 Å². The summed E-state index contributed by atoms with van der Waals surface area (Å²) in [5.74, 6) is -3.66. The lowest BCUT2D eigenvalue weighted by molar-refractivity contribution is 0.394. The lowest BCUT2D eigenvalue weighted by Gasteiger charge is -2.10. The van der Waals surface area contributed by atoms with Crippen LogP contribution in [0.1, 0.15) is 0 Å². The van der Waals surface area contributed by atoms with Crippen LogP contribution in [-0.4, -0.2) is 9.97 Å². The first-order valence-electron chi connectivity index (χ1n) is 7.35. The fourth-order valence-corrected chi connectivity index (χ4v) is 3.38. The number of thiophene rings is 1. The van der Waals surface area contributed by atoms with E-state index in [2.05, 4.69) is 25.9 Å². The number of hydrogen-bond donors (Lipinski definition) is 0. The molecule has 0 aliphatic carbocycles. The standard InChI is InChI=1S/C18H8BrF3N2OS/c19-10-3-1-9(2-4-10)17-23-14-5-6-26-16(14)18(24-17)25-15-12(21)7-11(20)8-13(15)22/h1-8H. The predicted octanol–water partition coefficient (Wildman–Crippen LogP) is 6.33. The largest absolute Gasteiger partial charge is 0.431 e. The number of aromatic nitrogens is 2. The summed E-state index contributed by atoms with van der Waals surface area (Å²) >= 11 is 4.63. The zero-order valence-electron chi connectivity index (χ0n) is 12.8. The molecule has 0 N–H and O–H groups in total. The molecule has 3 nitrogen and oxygen atoms in total. The van der Waals surface area contributed by atoms with E-state index in [0.717, 1.165) is 4.47 Å². The zero-order valence-corrected chi connectivity index (χ0v) is 15.2. The van der Waals surface area contributed by atoms with Gasteiger partial charge in [0.1, 0.15) is 10.5 Å². The third-order valence-corrected chi connectivity index (χ3v) is 4.96. The summed E-state index contributed by atoms with van der Waals surface area (Å²) in [6, 6.07) is 10.1. The van der Waals surface area contributed by atoms with Gasteiger partial charge in [0.05, 0.1) is 5.52 Å². The molecule has 26 heavy (non-hydrogen) atoms. The van der Waals surface area contributed by atoms with Crippen molar-refractivity contribution in [1.82, 2.24) is 9.97 Å². The number of fused-ring (bicyclic) bond motifs is 1. The maximum Gasteiger partial charge on any atom is 0.241 e. The molecule has 0 radical (unpaired) electrons. The van der Waals surface area contributed by atoms with Crippen LogP contribution in [-0.2, 0) is 0 Å². The van der Waals surface area contributed by atoms with E-state index in [1.807, 2.05) is 12.1 Å². The normalized spacial score (nSPS) is 11.1. The van der Waals surface area contributed by atoms with Gasteiger partial charge in [-0.15, -0.1) is 11.3 Å². The highest BCUT2D eigenvalue weighted by atomic mass is 79.9. The number of benzene rings is 2. The smallest absolute Gasteiger partial charge is 0.241 e. The van der Waals surface area contributed by atoms with Crippen molar-refractivity contribution in [3.8, 4) is 23.0 Å². The van der Waals surface area contributed by atoms with Crippen LogP contribution in [0.5, 0.6) is 11.6 Å². The number of rotatable bonds is 3. The van der Waals surface area contributed by atoms with Gasteiger partial charge in [0, 0.05) is 22.2 Å². The van der Waals surface area contributed by atoms with Gasteiger partial charge >= 0.3 is 0 Å². The first-order chi connectivity index (χ1) is 12.5. The lowest BCUT2D eigenvalue weighted by Crippen LogP contribution is -1.98. The molecule has 2 aromatic heterocycles. The Morgan fingerprint density at radius 3 is 2.31 bits per heavy atom. The SMILES string of the molecule is Fc1cc(F)c(Oc2nc(-c3ccc(Br)cc3)nc3ccsc23)c(F)c1. The van der Waals surface area contributed by atoms with Crippen LogP contribution in [0, 0.1) is 17.5 Å². The molecular weight excluding hydrogens is 429 g/mol. The van der Waals surface area contributed by atoms with E-state index in [-0.39, 0.29) is 5.88 Å². The Balaban J connectivity index is 1.84. The van der Waals surface area contributed by atoms with Crippen molar-refractivity contribution in [2.75, 3.05) is 0 Å². The molecule has 4 rings (SSSR count). The van der Waals surface area contributed by atoms with Gasteiger partial charge in [0.15, 0.2) is 17.5 Å². The second-order valence-corrected chi connectivity index (χ2v) is 7.13. The van der Waals surface area contributed by atoms with Crippen molar-refractivity contribution in [2.24, 2.45) is 0 Å². The molecule has 2 aromatic carbocycles. The fraction of sp³-hybridized carbons (Fsp3) is 0. The lowest BCUT2D eigenvalue weighted by atomic mass is 10.2. The van der Waals surface area contributed by atoms with Gasteiger partial charge in [-0.1, -0.05) is 28.1 Å². The second kappa shape index (κ2) is 6.69. The molecule has 0 aliphatic heterocycles. The minimum atomic E-state index is -1.14. The first kappa shape index (κ1) is 17.0. The number of nitrogens with zero attached hydrogens (tertiary/aromatic N) is 2. The van der Waals surface area contributed by atoms with Crippen LogP contribution in [0.3, 0.4) is 0 Å². The maximum atomic E-state index is 13.9. The highest BCUT2D eigenvalue weighted by molar-refractivity contribution is 9.10. The molecule has 2 heterocycles. The molecule has 0 saturated heterocycles. The highest BCUT2D eigenvalue weighted by Crippen LogP contribution is 2.35. The van der Waals surface area contributed by atoms with Crippen LogP contribution >= 0.6 is 27.3 Å². The molecular formula is C18H8BrF3N2OS. The molecule has 8 heteroatoms. The van der Waals surface area contributed by atoms with Gasteiger partial charge in [-0.2, -0.15) is 4.98 Å².